The summed E-state index contributed by atoms with van der Waals surface area (Å²) in [5.74, 6) is -0.624. The molecule has 96 valence electrons. The summed E-state index contributed by atoms with van der Waals surface area (Å²) in [6, 6.07) is 10.4. The number of carbonyl (C=O) groups excluding carboxylic acids is 1. The molecular weight excluding hydrogens is 260 g/mol. The van der Waals surface area contributed by atoms with Gasteiger partial charge in [-0.15, -0.1) is 0 Å². The van der Waals surface area contributed by atoms with Crippen LogP contribution in [0.5, 0.6) is 11.5 Å². The first-order valence-corrected chi connectivity index (χ1v) is 6.76. The van der Waals surface area contributed by atoms with Crippen LogP contribution in [-0.2, 0) is 0 Å². The minimum Gasteiger partial charge on any atom is -0.508 e. The molecule has 3 rings (SSSR count). The van der Waals surface area contributed by atoms with Crippen molar-refractivity contribution in [1.82, 2.24) is 0 Å². The number of Topliss-reactive ketones (excluding diaryl/α,β-unsaturated/α-hetero) is 1. The van der Waals surface area contributed by atoms with Crippen molar-refractivity contribution in [2.24, 2.45) is 0 Å². The first-order valence-electron chi connectivity index (χ1n) is 5.95. The van der Waals surface area contributed by atoms with Gasteiger partial charge in [0.05, 0.1) is 5.56 Å². The van der Waals surface area contributed by atoms with Gasteiger partial charge >= 0.3 is 0 Å². The van der Waals surface area contributed by atoms with E-state index in [2.05, 4.69) is 0 Å². The van der Waals surface area contributed by atoms with Crippen LogP contribution in [0.1, 0.15) is 28.8 Å². The van der Waals surface area contributed by atoms with Crippen molar-refractivity contribution < 1.29 is 15.0 Å². The van der Waals surface area contributed by atoms with Crippen LogP contribution >= 0.6 is 11.8 Å². The lowest BCUT2D eigenvalue weighted by Gasteiger charge is -2.11. The Morgan fingerprint density at radius 1 is 1.11 bits per heavy atom. The summed E-state index contributed by atoms with van der Waals surface area (Å²) in [6.07, 6.45) is 0. The number of phenolic OH excluding ortho intramolecular Hbond substituents is 2. The highest BCUT2D eigenvalue weighted by Crippen LogP contribution is 2.45. The van der Waals surface area contributed by atoms with E-state index in [9.17, 15) is 15.0 Å². The monoisotopic (exact) mass is 272 g/mol. The lowest BCUT2D eigenvalue weighted by atomic mass is 9.92. The molecule has 0 aromatic heterocycles. The fraction of sp³-hybridized carbons (Fsp3) is 0.133. The maximum atomic E-state index is 12.5. The van der Waals surface area contributed by atoms with Crippen molar-refractivity contribution in [3.63, 3.8) is 0 Å². The van der Waals surface area contributed by atoms with Crippen LogP contribution in [0.25, 0.3) is 0 Å². The second-order valence-electron chi connectivity index (χ2n) is 4.56. The predicted octanol–water partition coefficient (Wildman–Crippen LogP) is 3.55. The van der Waals surface area contributed by atoms with Crippen LogP contribution in [-0.4, -0.2) is 16.0 Å². The molecule has 2 aromatic carbocycles. The molecule has 2 aromatic rings. The molecule has 2 N–H and O–H groups in total. The number of benzene rings is 2. The molecule has 0 radical (unpaired) electrons. The predicted molar refractivity (Wildman–Crippen MR) is 73.1 cm³/mol. The van der Waals surface area contributed by atoms with E-state index in [1.165, 1.54) is 23.9 Å². The molecule has 4 heteroatoms. The second kappa shape index (κ2) is 4.31. The van der Waals surface area contributed by atoms with E-state index in [1.54, 1.807) is 0 Å². The zero-order chi connectivity index (χ0) is 13.6. The molecule has 19 heavy (non-hydrogen) atoms. The Morgan fingerprint density at radius 3 is 2.63 bits per heavy atom. The maximum absolute atomic E-state index is 12.5. The number of ketones is 1. The van der Waals surface area contributed by atoms with Gasteiger partial charge in [0.1, 0.15) is 11.5 Å². The summed E-state index contributed by atoms with van der Waals surface area (Å²) in [5, 5.41) is 19.5. The van der Waals surface area contributed by atoms with Gasteiger partial charge in [0, 0.05) is 21.8 Å². The quantitative estimate of drug-likeness (QED) is 0.770. The van der Waals surface area contributed by atoms with Crippen LogP contribution in [0, 0.1) is 0 Å². The third-order valence-electron chi connectivity index (χ3n) is 3.31. The molecule has 1 aliphatic heterocycles. The van der Waals surface area contributed by atoms with E-state index in [4.69, 9.17) is 0 Å². The molecule has 0 bridgehead atoms. The largest absolute Gasteiger partial charge is 0.508 e. The second-order valence-corrected chi connectivity index (χ2v) is 5.65. The van der Waals surface area contributed by atoms with Gasteiger partial charge in [-0.2, -0.15) is 0 Å². The average molecular weight is 272 g/mol. The van der Waals surface area contributed by atoms with Crippen molar-refractivity contribution in [2.45, 2.75) is 22.6 Å². The number of phenols is 2. The Labute approximate surface area is 114 Å². The van der Waals surface area contributed by atoms with E-state index in [1.807, 2.05) is 31.2 Å². The minimum atomic E-state index is -0.305. The standard InChI is InChI=1S/C15H12O3S/c1-8-10-4-2-3-5-12(10)19-13-7-9(16)6-11(17)14(13)15(8)18/h2-8,16-17H,1H3. The molecule has 3 nitrogen and oxygen atoms in total. The van der Waals surface area contributed by atoms with Gasteiger partial charge in [-0.1, -0.05) is 36.9 Å². The fourth-order valence-corrected chi connectivity index (χ4v) is 3.56. The van der Waals surface area contributed by atoms with Crippen LogP contribution < -0.4 is 0 Å². The van der Waals surface area contributed by atoms with E-state index in [0.29, 0.717) is 10.5 Å². The molecule has 1 aliphatic rings. The summed E-state index contributed by atoms with van der Waals surface area (Å²) in [6.45, 7) is 1.84. The molecule has 0 amide bonds. The zero-order valence-electron chi connectivity index (χ0n) is 10.3. The highest BCUT2D eigenvalue weighted by molar-refractivity contribution is 7.99. The minimum absolute atomic E-state index is 0.0383. The van der Waals surface area contributed by atoms with Crippen LogP contribution in [0.2, 0.25) is 0 Å². The van der Waals surface area contributed by atoms with Crippen molar-refractivity contribution in [3.05, 3.63) is 47.5 Å². The van der Waals surface area contributed by atoms with Gasteiger partial charge in [-0.25, -0.2) is 0 Å². The highest BCUT2D eigenvalue weighted by atomic mass is 32.2. The molecule has 0 spiro atoms. The van der Waals surface area contributed by atoms with Crippen LogP contribution in [0.4, 0.5) is 0 Å². The summed E-state index contributed by atoms with van der Waals surface area (Å²) < 4.78 is 0. The molecule has 1 unspecified atom stereocenters. The lowest BCUT2D eigenvalue weighted by molar-refractivity contribution is 0.0960. The molecule has 0 saturated heterocycles. The Kier molecular flexibility index (Phi) is 2.75. The Hall–Kier alpha value is -1.94. The van der Waals surface area contributed by atoms with Gasteiger partial charge in [-0.3, -0.25) is 4.79 Å². The lowest BCUT2D eigenvalue weighted by Crippen LogP contribution is -2.09. The van der Waals surface area contributed by atoms with Gasteiger partial charge in [0.15, 0.2) is 5.78 Å². The first kappa shape index (κ1) is 12.1. The number of carbonyl (C=O) groups is 1. The van der Waals surface area contributed by atoms with Crippen LogP contribution in [0.15, 0.2) is 46.2 Å². The SMILES string of the molecule is CC1C(=O)c2c(O)cc(O)cc2Sc2ccccc21. The molecule has 1 atom stereocenters. The van der Waals surface area contributed by atoms with Gasteiger partial charge in [-0.05, 0) is 17.7 Å². The maximum Gasteiger partial charge on any atom is 0.174 e. The number of aromatic hydroxyl groups is 2. The van der Waals surface area contributed by atoms with E-state index < -0.39 is 0 Å². The van der Waals surface area contributed by atoms with Crippen molar-refractivity contribution in [1.29, 1.82) is 0 Å². The third-order valence-corrected chi connectivity index (χ3v) is 4.44. The van der Waals surface area contributed by atoms with Crippen molar-refractivity contribution >= 4 is 17.5 Å². The number of hydrogen-bond donors (Lipinski definition) is 2. The molecule has 0 aliphatic carbocycles. The average Bonchev–Trinajstić information content (AvgIpc) is 2.46. The Bertz CT molecular complexity index is 679. The smallest absolute Gasteiger partial charge is 0.174 e. The number of hydrogen-bond acceptors (Lipinski definition) is 4. The molecular formula is C15H12O3S. The van der Waals surface area contributed by atoms with Crippen molar-refractivity contribution in [2.75, 3.05) is 0 Å². The Balaban J connectivity index is 2.28. The van der Waals surface area contributed by atoms with Gasteiger partial charge in [0.2, 0.25) is 0 Å². The topological polar surface area (TPSA) is 57.5 Å². The number of fused-ring (bicyclic) bond motifs is 2. The normalized spacial score (nSPS) is 17.5. The van der Waals surface area contributed by atoms with E-state index >= 15 is 0 Å². The molecule has 1 heterocycles. The highest BCUT2D eigenvalue weighted by Gasteiger charge is 2.29. The molecule has 0 fully saturated rings. The van der Waals surface area contributed by atoms with E-state index in [-0.39, 0.29) is 23.2 Å². The zero-order valence-corrected chi connectivity index (χ0v) is 11.1. The van der Waals surface area contributed by atoms with Crippen LogP contribution in [0.3, 0.4) is 0 Å². The third kappa shape index (κ3) is 1.88. The summed E-state index contributed by atoms with van der Waals surface area (Å²) in [5.41, 5.74) is 1.25. The number of rotatable bonds is 0. The molecule has 0 saturated carbocycles. The van der Waals surface area contributed by atoms with Crippen molar-refractivity contribution in [3.8, 4) is 11.5 Å². The van der Waals surface area contributed by atoms with Gasteiger partial charge < -0.3 is 10.2 Å². The first-order chi connectivity index (χ1) is 9.08. The van der Waals surface area contributed by atoms with E-state index in [0.717, 1.165) is 10.5 Å². The van der Waals surface area contributed by atoms with Gasteiger partial charge in [0.25, 0.3) is 0 Å². The summed E-state index contributed by atoms with van der Waals surface area (Å²) >= 11 is 1.40. The fourth-order valence-electron chi connectivity index (χ4n) is 2.32. The summed E-state index contributed by atoms with van der Waals surface area (Å²) in [7, 11) is 0. The Morgan fingerprint density at radius 2 is 1.84 bits per heavy atom. The summed E-state index contributed by atoms with van der Waals surface area (Å²) in [4.78, 5) is 14.1.